The van der Waals surface area contributed by atoms with E-state index in [-0.39, 0.29) is 0 Å². The first-order valence-electron chi connectivity index (χ1n) is 7.09. The molecule has 0 aromatic heterocycles. The maximum atomic E-state index is 3.45. The number of piperidine rings is 1. The Labute approximate surface area is 101 Å². The summed E-state index contributed by atoms with van der Waals surface area (Å²) in [5.41, 5.74) is 0.578. The van der Waals surface area contributed by atoms with E-state index < -0.39 is 0 Å². The van der Waals surface area contributed by atoms with Gasteiger partial charge in [-0.3, -0.25) is 0 Å². The largest absolute Gasteiger partial charge is 0.317 e. The third-order valence-electron chi connectivity index (χ3n) is 4.30. The molecule has 0 bridgehead atoms. The van der Waals surface area contributed by atoms with E-state index in [4.69, 9.17) is 0 Å². The highest BCUT2D eigenvalue weighted by molar-refractivity contribution is 4.82. The van der Waals surface area contributed by atoms with Crippen molar-refractivity contribution in [3.8, 4) is 0 Å². The van der Waals surface area contributed by atoms with Gasteiger partial charge in [-0.1, -0.05) is 13.8 Å². The third-order valence-corrected chi connectivity index (χ3v) is 4.30. The highest BCUT2D eigenvalue weighted by Crippen LogP contribution is 2.29. The van der Waals surface area contributed by atoms with E-state index in [9.17, 15) is 0 Å². The fourth-order valence-electron chi connectivity index (χ4n) is 3.19. The minimum absolute atomic E-state index is 0.578. The number of likely N-dealkylation sites (tertiary alicyclic amines) is 1. The van der Waals surface area contributed by atoms with Crippen molar-refractivity contribution < 1.29 is 0 Å². The fraction of sp³-hybridized carbons (Fsp3) is 1.00. The van der Waals surface area contributed by atoms with E-state index in [1.54, 1.807) is 0 Å². The number of nitrogens with zero attached hydrogens (tertiary/aromatic N) is 1. The molecule has 0 amide bonds. The Kier molecular flexibility index (Phi) is 4.26. The number of nitrogens with one attached hydrogen (secondary N) is 1. The second-order valence-electron chi connectivity index (χ2n) is 6.53. The lowest BCUT2D eigenvalue weighted by atomic mass is 9.93. The average molecular weight is 224 g/mol. The molecule has 2 heterocycles. The van der Waals surface area contributed by atoms with E-state index in [1.807, 2.05) is 0 Å². The van der Waals surface area contributed by atoms with Crippen LogP contribution in [0.15, 0.2) is 0 Å². The summed E-state index contributed by atoms with van der Waals surface area (Å²) in [5.74, 6) is 1.01. The van der Waals surface area contributed by atoms with Gasteiger partial charge in [0.1, 0.15) is 0 Å². The van der Waals surface area contributed by atoms with Crippen molar-refractivity contribution >= 4 is 0 Å². The summed E-state index contributed by atoms with van der Waals surface area (Å²) in [6.07, 6.45) is 7.08. The van der Waals surface area contributed by atoms with Gasteiger partial charge in [0.25, 0.3) is 0 Å². The molecule has 2 heteroatoms. The maximum absolute atomic E-state index is 3.45. The second-order valence-corrected chi connectivity index (χ2v) is 6.53. The molecule has 2 rings (SSSR count). The monoisotopic (exact) mass is 224 g/mol. The van der Waals surface area contributed by atoms with Gasteiger partial charge in [0.05, 0.1) is 0 Å². The molecule has 0 aromatic carbocycles. The molecule has 2 aliphatic heterocycles. The normalized spacial score (nSPS) is 27.4. The fourth-order valence-corrected chi connectivity index (χ4v) is 3.19. The Morgan fingerprint density at radius 3 is 2.62 bits per heavy atom. The van der Waals surface area contributed by atoms with Crippen molar-refractivity contribution in [3.05, 3.63) is 0 Å². The first-order valence-corrected chi connectivity index (χ1v) is 7.09. The number of rotatable bonds is 4. The van der Waals surface area contributed by atoms with Gasteiger partial charge >= 0.3 is 0 Å². The second kappa shape index (κ2) is 5.50. The van der Waals surface area contributed by atoms with Gasteiger partial charge in [0.2, 0.25) is 0 Å². The van der Waals surface area contributed by atoms with Gasteiger partial charge in [0.15, 0.2) is 0 Å². The van der Waals surface area contributed by atoms with Crippen LogP contribution in [0.5, 0.6) is 0 Å². The number of hydrogen-bond acceptors (Lipinski definition) is 2. The first kappa shape index (κ1) is 12.4. The Morgan fingerprint density at radius 1 is 1.25 bits per heavy atom. The standard InChI is InChI=1S/C14H28N2/c1-14(2)7-11-16(12-14)10-3-4-13-5-8-15-9-6-13/h13,15H,3-12H2,1-2H3. The van der Waals surface area contributed by atoms with Gasteiger partial charge < -0.3 is 10.2 Å². The van der Waals surface area contributed by atoms with Crippen LogP contribution in [0, 0.1) is 11.3 Å². The van der Waals surface area contributed by atoms with E-state index >= 15 is 0 Å². The molecule has 0 radical (unpaired) electrons. The lowest BCUT2D eigenvalue weighted by molar-refractivity contribution is 0.267. The zero-order chi connectivity index (χ0) is 11.4. The molecule has 0 unspecified atom stereocenters. The minimum Gasteiger partial charge on any atom is -0.317 e. The lowest BCUT2D eigenvalue weighted by Gasteiger charge is -2.24. The molecular weight excluding hydrogens is 196 g/mol. The summed E-state index contributed by atoms with van der Waals surface area (Å²) >= 11 is 0. The maximum Gasteiger partial charge on any atom is 0.00332 e. The molecule has 0 aliphatic carbocycles. The molecule has 1 N–H and O–H groups in total. The van der Waals surface area contributed by atoms with Gasteiger partial charge in [0, 0.05) is 6.54 Å². The third kappa shape index (κ3) is 3.74. The topological polar surface area (TPSA) is 15.3 Å². The minimum atomic E-state index is 0.578. The average Bonchev–Trinajstić information content (AvgIpc) is 2.60. The van der Waals surface area contributed by atoms with Crippen LogP contribution in [0.3, 0.4) is 0 Å². The summed E-state index contributed by atoms with van der Waals surface area (Å²) in [4.78, 5) is 2.67. The van der Waals surface area contributed by atoms with Crippen molar-refractivity contribution in [1.82, 2.24) is 10.2 Å². The molecule has 16 heavy (non-hydrogen) atoms. The Hall–Kier alpha value is -0.0800. The smallest absolute Gasteiger partial charge is 0.00332 e. The van der Waals surface area contributed by atoms with Crippen LogP contribution in [0.2, 0.25) is 0 Å². The van der Waals surface area contributed by atoms with Crippen LogP contribution in [0.4, 0.5) is 0 Å². The Balaban J connectivity index is 1.58. The van der Waals surface area contributed by atoms with Crippen molar-refractivity contribution in [3.63, 3.8) is 0 Å². The van der Waals surface area contributed by atoms with Crippen molar-refractivity contribution in [2.24, 2.45) is 11.3 Å². The van der Waals surface area contributed by atoms with Crippen molar-refractivity contribution in [1.29, 1.82) is 0 Å². The predicted molar refractivity (Wildman–Crippen MR) is 69.7 cm³/mol. The summed E-state index contributed by atoms with van der Waals surface area (Å²) in [6.45, 7) is 11.3. The SMILES string of the molecule is CC1(C)CCN(CCCC2CCNCC2)C1. The summed E-state index contributed by atoms with van der Waals surface area (Å²) in [5, 5.41) is 3.45. The highest BCUT2D eigenvalue weighted by Gasteiger charge is 2.28. The zero-order valence-electron chi connectivity index (χ0n) is 11.1. The molecule has 0 aromatic rings. The Morgan fingerprint density at radius 2 is 2.00 bits per heavy atom. The van der Waals surface area contributed by atoms with Crippen molar-refractivity contribution in [2.75, 3.05) is 32.7 Å². The molecule has 94 valence electrons. The molecule has 0 spiro atoms. The van der Waals surface area contributed by atoms with Crippen LogP contribution in [-0.2, 0) is 0 Å². The summed E-state index contributed by atoms with van der Waals surface area (Å²) < 4.78 is 0. The van der Waals surface area contributed by atoms with Crippen LogP contribution in [0.1, 0.15) is 46.0 Å². The molecule has 0 saturated carbocycles. The summed E-state index contributed by atoms with van der Waals surface area (Å²) in [7, 11) is 0. The quantitative estimate of drug-likeness (QED) is 0.789. The van der Waals surface area contributed by atoms with Gasteiger partial charge in [-0.15, -0.1) is 0 Å². The lowest BCUT2D eigenvalue weighted by Crippen LogP contribution is -2.29. The molecule has 0 atom stereocenters. The number of hydrogen-bond donors (Lipinski definition) is 1. The molecule has 2 fully saturated rings. The molecule has 2 saturated heterocycles. The molecule has 2 nitrogen and oxygen atoms in total. The zero-order valence-corrected chi connectivity index (χ0v) is 11.1. The first-order chi connectivity index (χ1) is 7.66. The predicted octanol–water partition coefficient (Wildman–Crippen LogP) is 2.50. The van der Waals surface area contributed by atoms with Crippen LogP contribution in [0.25, 0.3) is 0 Å². The van der Waals surface area contributed by atoms with Crippen LogP contribution in [-0.4, -0.2) is 37.6 Å². The van der Waals surface area contributed by atoms with Gasteiger partial charge in [-0.25, -0.2) is 0 Å². The van der Waals surface area contributed by atoms with Gasteiger partial charge in [-0.05, 0) is 69.6 Å². The molecule has 2 aliphatic rings. The summed E-state index contributed by atoms with van der Waals surface area (Å²) in [6, 6.07) is 0. The van der Waals surface area contributed by atoms with Gasteiger partial charge in [-0.2, -0.15) is 0 Å². The van der Waals surface area contributed by atoms with E-state index in [0.29, 0.717) is 5.41 Å². The molecular formula is C14H28N2. The van der Waals surface area contributed by atoms with E-state index in [0.717, 1.165) is 5.92 Å². The van der Waals surface area contributed by atoms with Crippen molar-refractivity contribution in [2.45, 2.75) is 46.0 Å². The van der Waals surface area contributed by atoms with Crippen LogP contribution < -0.4 is 5.32 Å². The highest BCUT2D eigenvalue weighted by atomic mass is 15.1. The Bertz CT molecular complexity index is 207. The van der Waals surface area contributed by atoms with E-state index in [2.05, 4.69) is 24.1 Å². The van der Waals surface area contributed by atoms with Crippen LogP contribution >= 0.6 is 0 Å². The van der Waals surface area contributed by atoms with E-state index in [1.165, 1.54) is 64.8 Å².